The Hall–Kier alpha value is -0.880. The Morgan fingerprint density at radius 1 is 1.42 bits per heavy atom. The summed E-state index contributed by atoms with van der Waals surface area (Å²) in [5.41, 5.74) is 2.90. The van der Waals surface area contributed by atoms with Gasteiger partial charge in [0.2, 0.25) is 0 Å². The highest BCUT2D eigenvalue weighted by Crippen LogP contribution is 2.30. The van der Waals surface area contributed by atoms with Crippen LogP contribution >= 0.6 is 11.6 Å². The van der Waals surface area contributed by atoms with Crippen molar-refractivity contribution in [3.8, 4) is 0 Å². The average molecular weight is 301 g/mol. The molecular weight excluding hydrogens is 284 g/mol. The van der Waals surface area contributed by atoms with Crippen LogP contribution in [-0.4, -0.2) is 35.0 Å². The van der Waals surface area contributed by atoms with Gasteiger partial charge in [0.05, 0.1) is 11.6 Å². The molecule has 0 aliphatic carbocycles. The molecular formula is C12H17ClN4OS. The Labute approximate surface area is 119 Å². The molecule has 104 valence electrons. The van der Waals surface area contributed by atoms with E-state index in [-0.39, 0.29) is 0 Å². The van der Waals surface area contributed by atoms with Crippen LogP contribution in [0.5, 0.6) is 0 Å². The molecule has 7 heteroatoms. The number of fused-ring (bicyclic) bond motifs is 1. The Balaban J connectivity index is 2.12. The number of hydrogen-bond acceptors (Lipinski definition) is 3. The van der Waals surface area contributed by atoms with Crippen LogP contribution in [0, 0.1) is 6.92 Å². The third-order valence-corrected chi connectivity index (χ3v) is 5.37. The van der Waals surface area contributed by atoms with E-state index in [1.165, 1.54) is 0 Å². The number of nitrogens with zero attached hydrogens (tertiary/aromatic N) is 4. The summed E-state index contributed by atoms with van der Waals surface area (Å²) in [5.74, 6) is 2.82. The van der Waals surface area contributed by atoms with Crippen molar-refractivity contribution in [1.29, 1.82) is 0 Å². The normalized spacial score (nSPS) is 24.2. The quantitative estimate of drug-likeness (QED) is 0.796. The second-order valence-corrected chi connectivity index (χ2v) is 6.96. The summed E-state index contributed by atoms with van der Waals surface area (Å²) in [6.07, 6.45) is 1.85. The van der Waals surface area contributed by atoms with E-state index in [1.54, 1.807) is 0 Å². The van der Waals surface area contributed by atoms with Gasteiger partial charge in [0.1, 0.15) is 11.3 Å². The van der Waals surface area contributed by atoms with Crippen molar-refractivity contribution in [3.63, 3.8) is 0 Å². The third kappa shape index (κ3) is 2.10. The molecule has 0 unspecified atom stereocenters. The number of aryl methyl sites for hydroxylation is 2. The van der Waals surface area contributed by atoms with Gasteiger partial charge in [0.15, 0.2) is 5.65 Å². The number of rotatable bonds is 2. The minimum Gasteiger partial charge on any atom is -0.309 e. The summed E-state index contributed by atoms with van der Waals surface area (Å²) < 4.78 is 15.6. The van der Waals surface area contributed by atoms with Gasteiger partial charge in [-0.25, -0.2) is 4.98 Å². The highest BCUT2D eigenvalue weighted by atomic mass is 35.5. The van der Waals surface area contributed by atoms with Gasteiger partial charge in [0.25, 0.3) is 0 Å². The third-order valence-electron chi connectivity index (χ3n) is 3.75. The van der Waals surface area contributed by atoms with Crippen LogP contribution in [-0.2, 0) is 23.7 Å². The molecule has 0 atom stereocenters. The molecule has 1 saturated heterocycles. The van der Waals surface area contributed by atoms with Crippen molar-refractivity contribution in [2.45, 2.75) is 31.7 Å². The molecule has 0 radical (unpaired) electrons. The highest BCUT2D eigenvalue weighted by molar-refractivity contribution is 7.85. The van der Waals surface area contributed by atoms with E-state index in [9.17, 15) is 4.21 Å². The topological polar surface area (TPSA) is 52.7 Å². The number of halogens is 1. The predicted octanol–water partition coefficient (Wildman–Crippen LogP) is 1.90. The lowest BCUT2D eigenvalue weighted by Crippen LogP contribution is -2.23. The maximum atomic E-state index is 11.5. The first-order valence-electron chi connectivity index (χ1n) is 6.43. The summed E-state index contributed by atoms with van der Waals surface area (Å²) in [6.45, 7) is 1.97. The monoisotopic (exact) mass is 300 g/mol. The number of aromatic nitrogens is 4. The number of imidazole rings is 1. The number of hydrogen-bond donors (Lipinski definition) is 0. The van der Waals surface area contributed by atoms with E-state index in [0.717, 1.165) is 47.0 Å². The molecule has 1 fully saturated rings. The van der Waals surface area contributed by atoms with Gasteiger partial charge in [0, 0.05) is 35.4 Å². The van der Waals surface area contributed by atoms with Crippen LogP contribution in [0.15, 0.2) is 0 Å². The molecule has 1 aliphatic rings. The van der Waals surface area contributed by atoms with Crippen molar-refractivity contribution in [2.24, 2.45) is 7.05 Å². The van der Waals surface area contributed by atoms with Gasteiger partial charge in [-0.1, -0.05) is 0 Å². The summed E-state index contributed by atoms with van der Waals surface area (Å²) in [4.78, 5) is 4.62. The maximum absolute atomic E-state index is 11.5. The zero-order chi connectivity index (χ0) is 13.6. The molecule has 5 nitrogen and oxygen atoms in total. The van der Waals surface area contributed by atoms with Gasteiger partial charge in [-0.15, -0.1) is 11.6 Å². The Morgan fingerprint density at radius 2 is 2.11 bits per heavy atom. The summed E-state index contributed by atoms with van der Waals surface area (Å²) >= 11 is 6.04. The first-order chi connectivity index (χ1) is 9.11. The van der Waals surface area contributed by atoms with Gasteiger partial charge >= 0.3 is 0 Å². The lowest BCUT2D eigenvalue weighted by atomic mass is 10.1. The molecule has 2 aromatic rings. The largest absolute Gasteiger partial charge is 0.309 e. The highest BCUT2D eigenvalue weighted by Gasteiger charge is 2.26. The maximum Gasteiger partial charge on any atom is 0.158 e. The smallest absolute Gasteiger partial charge is 0.158 e. The minimum atomic E-state index is -0.654. The standard InChI is InChI=1S/C12H17ClN4OS/c1-8-11-12(16(2)15-8)17(10(7-13)14-11)9-3-5-19(18)6-4-9/h9H,3-7H2,1-2H3. The molecule has 0 N–H and O–H groups in total. The van der Waals surface area contributed by atoms with E-state index in [1.807, 2.05) is 18.7 Å². The average Bonchev–Trinajstić information content (AvgIpc) is 2.90. The van der Waals surface area contributed by atoms with Gasteiger partial charge in [-0.05, 0) is 19.8 Å². The molecule has 2 aromatic heterocycles. The van der Waals surface area contributed by atoms with Gasteiger partial charge in [-0.2, -0.15) is 5.10 Å². The van der Waals surface area contributed by atoms with Crippen LogP contribution in [0.3, 0.4) is 0 Å². The number of alkyl halides is 1. The van der Waals surface area contributed by atoms with Gasteiger partial charge < -0.3 is 4.57 Å². The lowest BCUT2D eigenvalue weighted by molar-refractivity contribution is 0.455. The fourth-order valence-corrected chi connectivity index (χ4v) is 4.32. The Morgan fingerprint density at radius 3 is 2.74 bits per heavy atom. The summed E-state index contributed by atoms with van der Waals surface area (Å²) in [7, 11) is 1.28. The zero-order valence-electron chi connectivity index (χ0n) is 11.1. The molecule has 0 saturated carbocycles. The van der Waals surface area contributed by atoms with Crippen LogP contribution < -0.4 is 0 Å². The molecule has 3 heterocycles. The first kappa shape index (κ1) is 13.1. The van der Waals surface area contributed by atoms with Crippen LogP contribution in [0.1, 0.15) is 30.4 Å². The summed E-state index contributed by atoms with van der Waals surface area (Å²) in [6, 6.07) is 0.339. The second-order valence-electron chi connectivity index (χ2n) is 4.99. The van der Waals surface area contributed by atoms with Crippen molar-refractivity contribution in [3.05, 3.63) is 11.5 Å². The van der Waals surface area contributed by atoms with E-state index >= 15 is 0 Å². The van der Waals surface area contributed by atoms with Crippen LogP contribution in [0.25, 0.3) is 11.2 Å². The van der Waals surface area contributed by atoms with Crippen molar-refractivity contribution in [1.82, 2.24) is 19.3 Å². The molecule has 0 spiro atoms. The first-order valence-corrected chi connectivity index (χ1v) is 8.45. The van der Waals surface area contributed by atoms with Crippen molar-refractivity contribution < 1.29 is 4.21 Å². The lowest BCUT2D eigenvalue weighted by Gasteiger charge is -2.24. The van der Waals surface area contributed by atoms with Crippen molar-refractivity contribution in [2.75, 3.05) is 11.5 Å². The van der Waals surface area contributed by atoms with Gasteiger partial charge in [-0.3, -0.25) is 8.89 Å². The van der Waals surface area contributed by atoms with Crippen LogP contribution in [0.2, 0.25) is 0 Å². The molecule has 0 aromatic carbocycles. The van der Waals surface area contributed by atoms with Crippen LogP contribution in [0.4, 0.5) is 0 Å². The molecule has 0 amide bonds. The summed E-state index contributed by atoms with van der Waals surface area (Å²) in [5, 5.41) is 4.43. The van der Waals surface area contributed by atoms with E-state index < -0.39 is 10.8 Å². The van der Waals surface area contributed by atoms with Crippen molar-refractivity contribution >= 4 is 33.6 Å². The Bertz CT molecular complexity index is 638. The Kier molecular flexibility index (Phi) is 3.39. The predicted molar refractivity (Wildman–Crippen MR) is 76.9 cm³/mol. The fourth-order valence-electron chi connectivity index (χ4n) is 2.86. The molecule has 1 aliphatic heterocycles. The molecule has 19 heavy (non-hydrogen) atoms. The second kappa shape index (κ2) is 4.90. The minimum absolute atomic E-state index is 0.339. The molecule has 3 rings (SSSR count). The fraction of sp³-hybridized carbons (Fsp3) is 0.667. The SMILES string of the molecule is Cc1nn(C)c2c1nc(CCl)n2C1CCS(=O)CC1. The molecule has 0 bridgehead atoms. The zero-order valence-corrected chi connectivity index (χ0v) is 12.7. The van der Waals surface area contributed by atoms with E-state index in [2.05, 4.69) is 14.6 Å². The van der Waals surface area contributed by atoms with E-state index in [0.29, 0.717) is 11.9 Å². The van der Waals surface area contributed by atoms with E-state index in [4.69, 9.17) is 11.6 Å².